The standard InChI is InChI=1S/C10H22N2O2S2/c1-9(16(3)13)5-7-12-10(15)11-6-4-8-14-2/h9H,4-8H2,1-3H3,(H2,11,12,15). The molecule has 0 aromatic carbocycles. The van der Waals surface area contributed by atoms with Crippen molar-refractivity contribution in [2.75, 3.05) is 33.1 Å². The van der Waals surface area contributed by atoms with Gasteiger partial charge in [-0.1, -0.05) is 6.92 Å². The molecule has 96 valence electrons. The van der Waals surface area contributed by atoms with Gasteiger partial charge in [0.1, 0.15) is 0 Å². The van der Waals surface area contributed by atoms with E-state index < -0.39 is 10.8 Å². The summed E-state index contributed by atoms with van der Waals surface area (Å²) in [4.78, 5) is 0. The highest BCUT2D eigenvalue weighted by Gasteiger charge is 2.05. The average molecular weight is 266 g/mol. The monoisotopic (exact) mass is 266 g/mol. The Labute approximate surface area is 106 Å². The second kappa shape index (κ2) is 9.99. The van der Waals surface area contributed by atoms with Gasteiger partial charge in [-0.05, 0) is 25.1 Å². The molecule has 0 fully saturated rings. The maximum atomic E-state index is 11.1. The van der Waals surface area contributed by atoms with Gasteiger partial charge >= 0.3 is 0 Å². The number of methoxy groups -OCH3 is 1. The van der Waals surface area contributed by atoms with E-state index in [4.69, 9.17) is 17.0 Å². The van der Waals surface area contributed by atoms with Crippen LogP contribution < -0.4 is 10.6 Å². The molecule has 2 N–H and O–H groups in total. The summed E-state index contributed by atoms with van der Waals surface area (Å²) in [5.41, 5.74) is 0. The van der Waals surface area contributed by atoms with Crippen LogP contribution in [0.4, 0.5) is 0 Å². The van der Waals surface area contributed by atoms with E-state index in [1.807, 2.05) is 6.92 Å². The molecule has 0 heterocycles. The van der Waals surface area contributed by atoms with Crippen LogP contribution in [0.2, 0.25) is 0 Å². The van der Waals surface area contributed by atoms with Crippen molar-refractivity contribution in [3.8, 4) is 0 Å². The van der Waals surface area contributed by atoms with Crippen LogP contribution >= 0.6 is 12.2 Å². The zero-order chi connectivity index (χ0) is 12.4. The zero-order valence-electron chi connectivity index (χ0n) is 10.2. The van der Waals surface area contributed by atoms with Gasteiger partial charge in [-0.2, -0.15) is 0 Å². The van der Waals surface area contributed by atoms with Crippen molar-refractivity contribution in [2.24, 2.45) is 0 Å². The van der Waals surface area contributed by atoms with Crippen molar-refractivity contribution in [3.63, 3.8) is 0 Å². The Kier molecular flexibility index (Phi) is 9.86. The van der Waals surface area contributed by atoms with Crippen LogP contribution in [0.5, 0.6) is 0 Å². The van der Waals surface area contributed by atoms with Gasteiger partial charge < -0.3 is 15.4 Å². The predicted molar refractivity (Wildman–Crippen MR) is 73.2 cm³/mol. The number of ether oxygens (including phenoxy) is 1. The van der Waals surface area contributed by atoms with Gasteiger partial charge in [0.2, 0.25) is 0 Å². The minimum Gasteiger partial charge on any atom is -0.385 e. The molecular weight excluding hydrogens is 244 g/mol. The number of nitrogens with one attached hydrogen (secondary N) is 2. The highest BCUT2D eigenvalue weighted by Crippen LogP contribution is 1.96. The highest BCUT2D eigenvalue weighted by atomic mass is 32.2. The Morgan fingerprint density at radius 1 is 1.44 bits per heavy atom. The average Bonchev–Trinajstić information content (AvgIpc) is 2.24. The molecule has 0 saturated heterocycles. The molecule has 0 spiro atoms. The van der Waals surface area contributed by atoms with Gasteiger partial charge in [0, 0.05) is 49.1 Å². The fraction of sp³-hybridized carbons (Fsp3) is 0.900. The second-order valence-electron chi connectivity index (χ2n) is 3.63. The summed E-state index contributed by atoms with van der Waals surface area (Å²) in [6, 6.07) is 0. The fourth-order valence-electron chi connectivity index (χ4n) is 1.04. The van der Waals surface area contributed by atoms with Crippen LogP contribution in [0.15, 0.2) is 0 Å². The van der Waals surface area contributed by atoms with Crippen LogP contribution in [0.25, 0.3) is 0 Å². The van der Waals surface area contributed by atoms with Gasteiger partial charge in [0.25, 0.3) is 0 Å². The predicted octanol–water partition coefficient (Wildman–Crippen LogP) is 0.644. The first-order valence-corrected chi connectivity index (χ1v) is 7.43. The minimum absolute atomic E-state index is 0.212. The van der Waals surface area contributed by atoms with Crippen molar-refractivity contribution in [1.82, 2.24) is 10.6 Å². The molecule has 2 unspecified atom stereocenters. The summed E-state index contributed by atoms with van der Waals surface area (Å²) in [7, 11) is 0.930. The van der Waals surface area contributed by atoms with Crippen LogP contribution in [0.3, 0.4) is 0 Å². The van der Waals surface area contributed by atoms with Gasteiger partial charge in [-0.3, -0.25) is 4.21 Å². The molecule has 0 bridgehead atoms. The lowest BCUT2D eigenvalue weighted by Crippen LogP contribution is -2.37. The Morgan fingerprint density at radius 2 is 2.06 bits per heavy atom. The smallest absolute Gasteiger partial charge is 0.166 e. The van der Waals surface area contributed by atoms with Gasteiger partial charge in [-0.25, -0.2) is 0 Å². The maximum Gasteiger partial charge on any atom is 0.166 e. The van der Waals surface area contributed by atoms with Crippen molar-refractivity contribution >= 4 is 28.1 Å². The molecule has 2 atom stereocenters. The largest absolute Gasteiger partial charge is 0.385 e. The lowest BCUT2D eigenvalue weighted by atomic mass is 10.3. The van der Waals surface area contributed by atoms with Crippen LogP contribution in [-0.2, 0) is 15.5 Å². The third-order valence-electron chi connectivity index (χ3n) is 2.21. The first-order valence-electron chi connectivity index (χ1n) is 5.40. The molecule has 16 heavy (non-hydrogen) atoms. The first kappa shape index (κ1) is 15.8. The van der Waals surface area contributed by atoms with E-state index in [2.05, 4.69) is 10.6 Å². The molecule has 0 aromatic heterocycles. The van der Waals surface area contributed by atoms with E-state index in [1.54, 1.807) is 13.4 Å². The molecule has 0 aliphatic heterocycles. The van der Waals surface area contributed by atoms with E-state index in [-0.39, 0.29) is 5.25 Å². The van der Waals surface area contributed by atoms with E-state index in [1.165, 1.54) is 0 Å². The lowest BCUT2D eigenvalue weighted by molar-refractivity contribution is 0.195. The molecule has 0 saturated carbocycles. The van der Waals surface area contributed by atoms with Crippen molar-refractivity contribution in [3.05, 3.63) is 0 Å². The molecule has 0 amide bonds. The second-order valence-corrected chi connectivity index (χ2v) is 5.84. The van der Waals surface area contributed by atoms with Gasteiger partial charge in [0.15, 0.2) is 5.11 Å². The Balaban J connectivity index is 3.40. The van der Waals surface area contributed by atoms with Crippen molar-refractivity contribution < 1.29 is 8.95 Å². The van der Waals surface area contributed by atoms with E-state index in [0.717, 1.165) is 32.5 Å². The molecular formula is C10H22N2O2S2. The zero-order valence-corrected chi connectivity index (χ0v) is 11.9. The topological polar surface area (TPSA) is 50.4 Å². The van der Waals surface area contributed by atoms with E-state index in [0.29, 0.717) is 5.11 Å². The van der Waals surface area contributed by atoms with Crippen molar-refractivity contribution in [2.45, 2.75) is 25.0 Å². The summed E-state index contributed by atoms with van der Waals surface area (Å²) in [5, 5.41) is 7.04. The van der Waals surface area contributed by atoms with E-state index >= 15 is 0 Å². The highest BCUT2D eigenvalue weighted by molar-refractivity contribution is 7.84. The Hall–Kier alpha value is -0.200. The van der Waals surface area contributed by atoms with E-state index in [9.17, 15) is 4.21 Å². The summed E-state index contributed by atoms with van der Waals surface area (Å²) < 4.78 is 16.0. The van der Waals surface area contributed by atoms with Crippen LogP contribution in [-0.4, -0.2) is 47.6 Å². The minimum atomic E-state index is -0.753. The molecule has 0 aromatic rings. The summed E-state index contributed by atoms with van der Waals surface area (Å²) in [6.07, 6.45) is 3.53. The third-order valence-corrected chi connectivity index (χ3v) is 3.87. The SMILES string of the molecule is COCCCNC(=S)NCCC(C)S(C)=O. The summed E-state index contributed by atoms with van der Waals surface area (Å²) in [5.74, 6) is 0. The quantitative estimate of drug-likeness (QED) is 0.499. The molecule has 4 nitrogen and oxygen atoms in total. The molecule has 0 rings (SSSR count). The molecule has 0 aliphatic rings. The number of hydrogen-bond donors (Lipinski definition) is 2. The number of hydrogen-bond acceptors (Lipinski definition) is 3. The van der Waals surface area contributed by atoms with Gasteiger partial charge in [0.05, 0.1) is 0 Å². The summed E-state index contributed by atoms with van der Waals surface area (Å²) in [6.45, 7) is 4.29. The summed E-state index contributed by atoms with van der Waals surface area (Å²) >= 11 is 5.08. The lowest BCUT2D eigenvalue weighted by Gasteiger charge is -2.12. The maximum absolute atomic E-state index is 11.1. The fourth-order valence-corrected chi connectivity index (χ4v) is 1.69. The van der Waals surface area contributed by atoms with Crippen LogP contribution in [0.1, 0.15) is 19.8 Å². The van der Waals surface area contributed by atoms with Crippen LogP contribution in [0, 0.1) is 0 Å². The Bertz CT molecular complexity index is 225. The molecule has 0 radical (unpaired) electrons. The van der Waals surface area contributed by atoms with Gasteiger partial charge in [-0.15, -0.1) is 0 Å². The molecule has 6 heteroatoms. The molecule has 0 aliphatic carbocycles. The number of rotatable bonds is 8. The Morgan fingerprint density at radius 3 is 2.62 bits per heavy atom. The van der Waals surface area contributed by atoms with Crippen molar-refractivity contribution in [1.29, 1.82) is 0 Å². The number of thiocarbonyl (C=S) groups is 1. The third kappa shape index (κ3) is 9.06. The first-order chi connectivity index (χ1) is 7.57. The normalized spacial score (nSPS) is 14.2.